The Balaban J connectivity index is 1.13. The predicted molar refractivity (Wildman–Crippen MR) is 186 cm³/mol. The molecule has 53 heavy (non-hydrogen) atoms. The molecule has 4 aliphatic heterocycles. The number of β-lactam (4-membered cyclic amide) rings is 1. The minimum Gasteiger partial charge on any atom is -0.504 e. The highest BCUT2D eigenvalue weighted by Crippen LogP contribution is 2.43. The maximum atomic E-state index is 13.5. The van der Waals surface area contributed by atoms with E-state index in [1.165, 1.54) is 29.3 Å². The number of nitrogens with one attached hydrogen (secondary N) is 2. The van der Waals surface area contributed by atoms with Crippen molar-refractivity contribution < 1.29 is 59.1 Å². The third-order valence-electron chi connectivity index (χ3n) is 9.36. The van der Waals surface area contributed by atoms with Gasteiger partial charge in [-0.2, -0.15) is 0 Å². The zero-order valence-electron chi connectivity index (χ0n) is 27.3. The number of rotatable bonds is 13. The number of hydrogen-bond donors (Lipinski definition) is 8. The molecule has 2 bridgehead atoms. The average molecular weight is 794 g/mol. The number of benzene rings is 1. The number of anilines is 1. The summed E-state index contributed by atoms with van der Waals surface area (Å²) in [7, 11) is 0. The van der Waals surface area contributed by atoms with Gasteiger partial charge in [0.05, 0.1) is 17.0 Å². The van der Waals surface area contributed by atoms with E-state index in [0.717, 1.165) is 29.1 Å². The third-order valence-corrected chi connectivity index (χ3v) is 11.8. The van der Waals surface area contributed by atoms with E-state index in [9.17, 15) is 49.2 Å². The summed E-state index contributed by atoms with van der Waals surface area (Å²) < 4.78 is 0. The minimum atomic E-state index is -1.94. The molecular formula is C31H32ClN7O12S2. The van der Waals surface area contributed by atoms with E-state index >= 15 is 0 Å². The van der Waals surface area contributed by atoms with Crippen LogP contribution in [-0.2, 0) is 28.8 Å². The quantitative estimate of drug-likeness (QED) is 0.0596. The maximum Gasteiger partial charge on any atom is 0.352 e. The number of carboxylic acids is 3. The second-order valence-electron chi connectivity index (χ2n) is 12.7. The van der Waals surface area contributed by atoms with Crippen molar-refractivity contribution in [2.45, 2.75) is 67.7 Å². The van der Waals surface area contributed by atoms with Crippen LogP contribution in [0.1, 0.15) is 48.2 Å². The number of hydrogen-bond acceptors (Lipinski definition) is 15. The SMILES string of the molecule is Nc1nc(/C(=N/O[C@@H](CC(=O)O)C(=O)O)C(=O)N[C@@H]2C(=O)N3C(C(=O)O)=C(CN4[C@@H]5CC[C@H]4C[C@H](NC(=O)c4ccc(O)c(O)c4Cl)C5)CS[C@H]23)cs1. The largest absolute Gasteiger partial charge is 0.504 e. The molecule has 3 amide bonds. The van der Waals surface area contributed by atoms with Crippen molar-refractivity contribution in [2.75, 3.05) is 18.0 Å². The van der Waals surface area contributed by atoms with Crippen molar-refractivity contribution in [2.24, 2.45) is 5.16 Å². The molecule has 0 unspecified atom stereocenters. The van der Waals surface area contributed by atoms with Gasteiger partial charge in [-0.3, -0.25) is 29.0 Å². The number of phenols is 2. The summed E-state index contributed by atoms with van der Waals surface area (Å²) in [6, 6.07) is 1.07. The molecule has 6 atom stereocenters. The first kappa shape index (κ1) is 37.6. The Kier molecular flexibility index (Phi) is 10.7. The van der Waals surface area contributed by atoms with E-state index in [1.807, 2.05) is 0 Å². The number of thiazole rings is 1. The van der Waals surface area contributed by atoms with E-state index < -0.39 is 76.8 Å². The van der Waals surface area contributed by atoms with Gasteiger partial charge >= 0.3 is 17.9 Å². The number of halogens is 1. The van der Waals surface area contributed by atoms with Crippen molar-refractivity contribution in [3.8, 4) is 11.5 Å². The van der Waals surface area contributed by atoms with Gasteiger partial charge in [0.15, 0.2) is 22.3 Å². The number of amides is 3. The summed E-state index contributed by atoms with van der Waals surface area (Å²) in [5, 5.41) is 57.5. The molecule has 19 nitrogen and oxygen atoms in total. The number of thioether (sulfide) groups is 1. The van der Waals surface area contributed by atoms with Crippen LogP contribution in [0.5, 0.6) is 11.5 Å². The second kappa shape index (κ2) is 15.1. The molecule has 4 aliphatic rings. The van der Waals surface area contributed by atoms with Gasteiger partial charge in [0.1, 0.15) is 22.8 Å². The number of aliphatic carboxylic acids is 3. The van der Waals surface area contributed by atoms with Crippen molar-refractivity contribution in [1.82, 2.24) is 25.4 Å². The van der Waals surface area contributed by atoms with Crippen LogP contribution in [0.25, 0.3) is 0 Å². The number of nitrogen functional groups attached to an aromatic ring is 1. The van der Waals surface area contributed by atoms with Crippen molar-refractivity contribution >= 4 is 81.2 Å². The summed E-state index contributed by atoms with van der Waals surface area (Å²) >= 11 is 8.25. The fraction of sp³-hybridized carbons (Fsp3) is 0.419. The molecule has 1 aromatic carbocycles. The molecule has 9 N–H and O–H groups in total. The highest BCUT2D eigenvalue weighted by molar-refractivity contribution is 8.00. The number of fused-ring (bicyclic) bond motifs is 3. The van der Waals surface area contributed by atoms with Crippen LogP contribution in [0.4, 0.5) is 5.13 Å². The second-order valence-corrected chi connectivity index (χ2v) is 15.0. The van der Waals surface area contributed by atoms with Crippen LogP contribution in [0, 0.1) is 0 Å². The third kappa shape index (κ3) is 7.54. The molecule has 0 aliphatic carbocycles. The number of nitrogens with two attached hydrogens (primary N) is 1. The lowest BCUT2D eigenvalue weighted by molar-refractivity contribution is -0.156. The van der Waals surface area contributed by atoms with Gasteiger partial charge < -0.3 is 46.7 Å². The number of nitrogens with zero attached hydrogens (tertiary/aromatic N) is 4. The molecule has 0 radical (unpaired) electrons. The number of carboxylic acid groups (broad SMARTS) is 3. The zero-order chi connectivity index (χ0) is 38.3. The van der Waals surface area contributed by atoms with E-state index in [0.29, 0.717) is 18.4 Å². The van der Waals surface area contributed by atoms with Gasteiger partial charge in [-0.25, -0.2) is 14.6 Å². The monoisotopic (exact) mass is 793 g/mol. The number of carbonyl (C=O) groups excluding carboxylic acids is 3. The van der Waals surface area contributed by atoms with Gasteiger partial charge in [0.2, 0.25) is 6.10 Å². The molecule has 6 rings (SSSR count). The topological polar surface area (TPSA) is 295 Å². The van der Waals surface area contributed by atoms with Crippen LogP contribution in [-0.4, -0.2) is 130 Å². The Morgan fingerprint density at radius 1 is 1.09 bits per heavy atom. The lowest BCUT2D eigenvalue weighted by atomic mass is 9.95. The Hall–Kier alpha value is -5.12. The van der Waals surface area contributed by atoms with E-state index in [-0.39, 0.29) is 57.5 Å². The lowest BCUT2D eigenvalue weighted by Gasteiger charge is -2.50. The highest BCUT2D eigenvalue weighted by Gasteiger charge is 2.55. The summed E-state index contributed by atoms with van der Waals surface area (Å²) in [5.41, 5.74) is 5.32. The number of oxime groups is 1. The van der Waals surface area contributed by atoms with E-state index in [2.05, 4.69) is 25.7 Å². The molecule has 3 fully saturated rings. The molecule has 1 aromatic heterocycles. The van der Waals surface area contributed by atoms with E-state index in [1.54, 1.807) is 0 Å². The lowest BCUT2D eigenvalue weighted by Crippen LogP contribution is -2.71. The van der Waals surface area contributed by atoms with Crippen LogP contribution in [0.2, 0.25) is 5.02 Å². The van der Waals surface area contributed by atoms with Crippen LogP contribution >= 0.6 is 34.7 Å². The predicted octanol–water partition coefficient (Wildman–Crippen LogP) is 0.603. The molecule has 3 saturated heterocycles. The molecule has 5 heterocycles. The number of carbonyl (C=O) groups is 6. The van der Waals surface area contributed by atoms with Gasteiger partial charge in [-0.1, -0.05) is 16.8 Å². The Labute approximate surface area is 312 Å². The van der Waals surface area contributed by atoms with Crippen LogP contribution < -0.4 is 16.4 Å². The summed E-state index contributed by atoms with van der Waals surface area (Å²) in [6.07, 6.45) is -0.166. The first-order valence-corrected chi connectivity index (χ1v) is 18.3. The molecule has 282 valence electrons. The number of aromatic hydroxyl groups is 2. The number of phenolic OH excluding ortho intramolecular Hbond substituents is 2. The standard InChI is InChI=1S/C31H32ClN7O12S2/c32-20-15(3-4-17(40)24(20)43)25(44)34-12-5-13-1-2-14(6-12)38(13)8-11-9-52-28-22(27(46)39(28)23(11)30(49)50)36-26(45)21(16-10-53-31(33)35-16)37-51-18(29(47)48)7-19(41)42/h3-4,10,12-14,18,22,28,40,43H,1-2,5-9H2,(H2,33,35)(H,34,44)(H,36,45)(H,41,42)(H,47,48)(H,49,50)/b37-21-/t12-,13-,14+,18-,22+,28+/m0/s1. The highest BCUT2D eigenvalue weighted by atomic mass is 35.5. The van der Waals surface area contributed by atoms with Gasteiger partial charge in [0, 0.05) is 35.8 Å². The normalized spacial score (nSPS) is 24.5. The maximum absolute atomic E-state index is 13.5. The average Bonchev–Trinajstić information content (AvgIpc) is 3.62. The first-order chi connectivity index (χ1) is 25.1. The number of aromatic nitrogens is 1. The van der Waals surface area contributed by atoms with Crippen molar-refractivity contribution in [3.05, 3.63) is 45.1 Å². The van der Waals surface area contributed by atoms with Crippen molar-refractivity contribution in [3.63, 3.8) is 0 Å². The van der Waals surface area contributed by atoms with Gasteiger partial charge in [-0.15, -0.1) is 23.1 Å². The molecule has 0 spiro atoms. The summed E-state index contributed by atoms with van der Waals surface area (Å²) in [4.78, 5) is 87.1. The summed E-state index contributed by atoms with van der Waals surface area (Å²) in [6.45, 7) is 0.260. The molecule has 2 aromatic rings. The Morgan fingerprint density at radius 3 is 2.40 bits per heavy atom. The van der Waals surface area contributed by atoms with Gasteiger partial charge in [-0.05, 0) is 43.4 Å². The molecular weight excluding hydrogens is 762 g/mol. The zero-order valence-corrected chi connectivity index (χ0v) is 29.7. The van der Waals surface area contributed by atoms with Crippen LogP contribution in [0.15, 0.2) is 33.9 Å². The summed E-state index contributed by atoms with van der Waals surface area (Å²) in [5.74, 6) is -7.50. The fourth-order valence-electron chi connectivity index (χ4n) is 6.92. The Morgan fingerprint density at radius 2 is 1.79 bits per heavy atom. The van der Waals surface area contributed by atoms with Gasteiger partial charge in [0.25, 0.3) is 17.7 Å². The number of piperidine rings is 1. The molecule has 0 saturated carbocycles. The first-order valence-electron chi connectivity index (χ1n) is 16.0. The van der Waals surface area contributed by atoms with Crippen LogP contribution in [0.3, 0.4) is 0 Å². The molecule has 22 heteroatoms. The smallest absolute Gasteiger partial charge is 0.352 e. The van der Waals surface area contributed by atoms with Crippen molar-refractivity contribution in [1.29, 1.82) is 0 Å². The van der Waals surface area contributed by atoms with E-state index in [4.69, 9.17) is 27.3 Å². The Bertz CT molecular complexity index is 1940. The fourth-order valence-corrected chi connectivity index (χ4v) is 9.05. The minimum absolute atomic E-state index is 0.00282.